The molecule has 2 unspecified atom stereocenters. The molecule has 0 aromatic carbocycles. The topological polar surface area (TPSA) is 39.1 Å². The number of nitrogens with one attached hydrogen (secondary N) is 1. The summed E-state index contributed by atoms with van der Waals surface area (Å²) in [4.78, 5) is 0. The molecule has 2 heterocycles. The maximum atomic E-state index is 5.21. The van der Waals surface area contributed by atoms with E-state index in [1.54, 1.807) is 11.8 Å². The maximum absolute atomic E-state index is 5.21. The van der Waals surface area contributed by atoms with Crippen molar-refractivity contribution in [2.24, 2.45) is 7.05 Å². The van der Waals surface area contributed by atoms with Gasteiger partial charge in [-0.25, -0.2) is 4.68 Å². The average Bonchev–Trinajstić information content (AvgIpc) is 2.69. The van der Waals surface area contributed by atoms with Gasteiger partial charge in [0.15, 0.2) is 0 Å². The van der Waals surface area contributed by atoms with E-state index in [9.17, 15) is 0 Å². The minimum absolute atomic E-state index is 0.613. The summed E-state index contributed by atoms with van der Waals surface area (Å²) in [7, 11) is 3.58. The third-order valence-corrected chi connectivity index (χ3v) is 4.63. The Hall–Kier alpha value is -0.680. The monoisotopic (exact) mass is 255 g/mol. The van der Waals surface area contributed by atoms with E-state index in [1.165, 1.54) is 18.6 Å². The van der Waals surface area contributed by atoms with Gasteiger partial charge in [0.25, 0.3) is 0 Å². The average molecular weight is 255 g/mol. The van der Waals surface area contributed by atoms with E-state index >= 15 is 0 Å². The van der Waals surface area contributed by atoms with Crippen molar-refractivity contribution in [2.75, 3.05) is 12.9 Å². The molecular weight excluding hydrogens is 234 g/mol. The number of aromatic nitrogens is 2. The molecule has 1 aliphatic heterocycles. The summed E-state index contributed by atoms with van der Waals surface area (Å²) in [5.74, 6) is 2.12. The summed E-state index contributed by atoms with van der Waals surface area (Å²) < 4.78 is 6.98. The van der Waals surface area contributed by atoms with Gasteiger partial charge in [0.05, 0.1) is 12.8 Å². The van der Waals surface area contributed by atoms with Gasteiger partial charge in [-0.3, -0.25) is 0 Å². The number of nitrogens with zero attached hydrogens (tertiary/aromatic N) is 2. The van der Waals surface area contributed by atoms with E-state index in [-0.39, 0.29) is 0 Å². The molecule has 2 atom stereocenters. The second-order valence-corrected chi connectivity index (χ2v) is 5.99. The van der Waals surface area contributed by atoms with Crippen LogP contribution in [0.1, 0.15) is 25.5 Å². The van der Waals surface area contributed by atoms with Crippen LogP contribution in [-0.2, 0) is 13.6 Å². The fraction of sp³-hybridized carbons (Fsp3) is 0.750. The highest BCUT2D eigenvalue weighted by atomic mass is 32.2. The molecule has 0 radical (unpaired) electrons. The van der Waals surface area contributed by atoms with Crippen molar-refractivity contribution in [3.05, 3.63) is 11.8 Å². The Balaban J connectivity index is 1.88. The summed E-state index contributed by atoms with van der Waals surface area (Å²) in [5.41, 5.74) is 1.05. The molecule has 0 aliphatic carbocycles. The van der Waals surface area contributed by atoms with Crippen LogP contribution in [0.2, 0.25) is 0 Å². The lowest BCUT2D eigenvalue weighted by atomic mass is 10.1. The number of ether oxygens (including phenoxy) is 1. The highest BCUT2D eigenvalue weighted by molar-refractivity contribution is 7.99. The molecule has 0 saturated carbocycles. The third-order valence-electron chi connectivity index (χ3n) is 3.25. The van der Waals surface area contributed by atoms with Gasteiger partial charge in [0, 0.05) is 31.0 Å². The molecule has 1 aromatic heterocycles. The van der Waals surface area contributed by atoms with Crippen molar-refractivity contribution in [2.45, 2.75) is 37.6 Å². The summed E-state index contributed by atoms with van der Waals surface area (Å²) >= 11 is 2.06. The van der Waals surface area contributed by atoms with E-state index in [0.29, 0.717) is 11.3 Å². The van der Waals surface area contributed by atoms with Crippen molar-refractivity contribution in [3.8, 4) is 5.88 Å². The maximum Gasteiger partial charge on any atom is 0.211 e. The van der Waals surface area contributed by atoms with E-state index in [4.69, 9.17) is 4.74 Å². The molecule has 2 rings (SSSR count). The predicted octanol–water partition coefficient (Wildman–Crippen LogP) is 1.80. The Bertz CT molecular complexity index is 367. The van der Waals surface area contributed by atoms with E-state index < -0.39 is 0 Å². The largest absolute Gasteiger partial charge is 0.481 e. The van der Waals surface area contributed by atoms with Crippen LogP contribution in [0.5, 0.6) is 5.88 Å². The van der Waals surface area contributed by atoms with Gasteiger partial charge in [-0.05, 0) is 18.6 Å². The molecule has 17 heavy (non-hydrogen) atoms. The lowest BCUT2D eigenvalue weighted by Crippen LogP contribution is -2.38. The molecule has 5 heteroatoms. The molecule has 0 amide bonds. The Morgan fingerprint density at radius 2 is 2.47 bits per heavy atom. The molecule has 0 spiro atoms. The summed E-state index contributed by atoms with van der Waals surface area (Å²) in [6, 6.07) is 2.61. The van der Waals surface area contributed by atoms with E-state index in [2.05, 4.69) is 29.1 Å². The lowest BCUT2D eigenvalue weighted by Gasteiger charge is -2.28. The van der Waals surface area contributed by atoms with Crippen molar-refractivity contribution in [3.63, 3.8) is 0 Å². The number of thioether (sulfide) groups is 1. The Morgan fingerprint density at radius 3 is 3.12 bits per heavy atom. The summed E-state index contributed by atoms with van der Waals surface area (Å²) in [5, 5.41) is 8.72. The van der Waals surface area contributed by atoms with Crippen LogP contribution in [0.3, 0.4) is 0 Å². The molecule has 1 aromatic rings. The zero-order chi connectivity index (χ0) is 12.3. The zero-order valence-corrected chi connectivity index (χ0v) is 11.6. The first kappa shape index (κ1) is 12.8. The highest BCUT2D eigenvalue weighted by Gasteiger charge is 2.21. The van der Waals surface area contributed by atoms with Crippen LogP contribution in [0.15, 0.2) is 6.07 Å². The molecule has 1 fully saturated rings. The highest BCUT2D eigenvalue weighted by Crippen LogP contribution is 2.25. The molecule has 96 valence electrons. The SMILES string of the molecule is COc1cc(CNC2CCCSC2C)nn1C. The van der Waals surface area contributed by atoms with Gasteiger partial charge in [0.2, 0.25) is 5.88 Å². The van der Waals surface area contributed by atoms with Crippen LogP contribution in [0.25, 0.3) is 0 Å². The van der Waals surface area contributed by atoms with Gasteiger partial charge >= 0.3 is 0 Å². The first-order chi connectivity index (χ1) is 8.20. The van der Waals surface area contributed by atoms with E-state index in [0.717, 1.165) is 18.1 Å². The smallest absolute Gasteiger partial charge is 0.211 e. The van der Waals surface area contributed by atoms with Gasteiger partial charge in [-0.1, -0.05) is 6.92 Å². The molecule has 1 N–H and O–H groups in total. The molecule has 1 saturated heterocycles. The lowest BCUT2D eigenvalue weighted by molar-refractivity contribution is 0.373. The van der Waals surface area contributed by atoms with Crippen LogP contribution < -0.4 is 10.1 Å². The van der Waals surface area contributed by atoms with Crippen molar-refractivity contribution >= 4 is 11.8 Å². The summed E-state index contributed by atoms with van der Waals surface area (Å²) in [6.45, 7) is 3.13. The van der Waals surface area contributed by atoms with Gasteiger partial charge < -0.3 is 10.1 Å². The number of aryl methyl sites for hydroxylation is 1. The van der Waals surface area contributed by atoms with Crippen molar-refractivity contribution in [1.29, 1.82) is 0 Å². The number of methoxy groups -OCH3 is 1. The normalized spacial score (nSPS) is 24.9. The first-order valence-corrected chi connectivity index (χ1v) is 7.17. The standard InChI is InChI=1S/C12H21N3OS/c1-9-11(5-4-6-17-9)13-8-10-7-12(16-3)15(2)14-10/h7,9,11,13H,4-6,8H2,1-3H3. The van der Waals surface area contributed by atoms with Crippen molar-refractivity contribution in [1.82, 2.24) is 15.1 Å². The van der Waals surface area contributed by atoms with Crippen molar-refractivity contribution < 1.29 is 4.74 Å². The number of rotatable bonds is 4. The molecule has 4 nitrogen and oxygen atoms in total. The van der Waals surface area contributed by atoms with Crippen LogP contribution in [0.4, 0.5) is 0 Å². The van der Waals surface area contributed by atoms with Crippen LogP contribution >= 0.6 is 11.8 Å². The molecule has 1 aliphatic rings. The molecule has 0 bridgehead atoms. The van der Waals surface area contributed by atoms with E-state index in [1.807, 2.05) is 13.1 Å². The van der Waals surface area contributed by atoms with Crippen LogP contribution in [0, 0.1) is 0 Å². The second kappa shape index (κ2) is 5.78. The Morgan fingerprint density at radius 1 is 1.65 bits per heavy atom. The minimum atomic E-state index is 0.613. The van der Waals surface area contributed by atoms with Gasteiger partial charge in [-0.15, -0.1) is 0 Å². The number of hydrogen-bond acceptors (Lipinski definition) is 4. The quantitative estimate of drug-likeness (QED) is 0.890. The minimum Gasteiger partial charge on any atom is -0.481 e. The fourth-order valence-corrected chi connectivity index (χ4v) is 3.38. The van der Waals surface area contributed by atoms with Gasteiger partial charge in [0.1, 0.15) is 0 Å². The predicted molar refractivity (Wildman–Crippen MR) is 71.5 cm³/mol. The first-order valence-electron chi connectivity index (χ1n) is 6.12. The molecular formula is C12H21N3OS. The Kier molecular flexibility index (Phi) is 4.34. The van der Waals surface area contributed by atoms with Crippen LogP contribution in [-0.4, -0.2) is 33.9 Å². The fourth-order valence-electron chi connectivity index (χ4n) is 2.21. The second-order valence-electron chi connectivity index (χ2n) is 4.51. The number of hydrogen-bond donors (Lipinski definition) is 1. The summed E-state index contributed by atoms with van der Waals surface area (Å²) in [6.07, 6.45) is 2.59. The van der Waals surface area contributed by atoms with Gasteiger partial charge in [-0.2, -0.15) is 16.9 Å². The Labute approximate surface area is 107 Å². The zero-order valence-electron chi connectivity index (χ0n) is 10.8. The third kappa shape index (κ3) is 3.16.